The smallest absolute Gasteiger partial charge is 0.228 e. The van der Waals surface area contributed by atoms with Crippen LogP contribution in [-0.2, 0) is 6.42 Å². The minimum atomic E-state index is 0.146. The highest BCUT2D eigenvalue weighted by molar-refractivity contribution is 7.99. The van der Waals surface area contributed by atoms with Gasteiger partial charge in [-0.2, -0.15) is 16.7 Å². The van der Waals surface area contributed by atoms with Gasteiger partial charge in [-0.25, -0.2) is 0 Å². The van der Waals surface area contributed by atoms with Crippen LogP contribution in [0.25, 0.3) is 0 Å². The van der Waals surface area contributed by atoms with Crippen LogP contribution in [0, 0.1) is 0 Å². The number of rotatable bonds is 5. The molecule has 17 heavy (non-hydrogen) atoms. The largest absolute Gasteiger partial charge is 0.339 e. The summed E-state index contributed by atoms with van der Waals surface area (Å²) >= 11 is 1.94. The highest BCUT2D eigenvalue weighted by atomic mass is 32.2. The molecule has 0 bridgehead atoms. The normalized spacial score (nSPS) is 22.6. The predicted molar refractivity (Wildman–Crippen MR) is 69.9 cm³/mol. The van der Waals surface area contributed by atoms with Crippen molar-refractivity contribution in [1.29, 1.82) is 0 Å². The first-order chi connectivity index (χ1) is 8.29. The Morgan fingerprint density at radius 2 is 2.41 bits per heavy atom. The van der Waals surface area contributed by atoms with E-state index in [1.54, 1.807) is 0 Å². The molecule has 96 valence electrons. The molecule has 5 heteroatoms. The molecule has 1 aliphatic rings. The Bertz CT molecular complexity index is 336. The maximum absolute atomic E-state index is 5.97. The summed E-state index contributed by atoms with van der Waals surface area (Å²) in [6.45, 7) is 2.14. The van der Waals surface area contributed by atoms with Gasteiger partial charge in [0.2, 0.25) is 5.89 Å². The van der Waals surface area contributed by atoms with E-state index < -0.39 is 0 Å². The number of nitrogens with two attached hydrogens (primary N) is 1. The molecular formula is C12H21N3OS. The second kappa shape index (κ2) is 6.40. The van der Waals surface area contributed by atoms with E-state index in [9.17, 15) is 0 Å². The Balaban J connectivity index is 1.90. The molecule has 2 atom stereocenters. The van der Waals surface area contributed by atoms with Gasteiger partial charge in [0.15, 0.2) is 5.82 Å². The second-order valence-electron chi connectivity index (χ2n) is 4.65. The maximum atomic E-state index is 5.97. The summed E-state index contributed by atoms with van der Waals surface area (Å²) < 4.78 is 5.28. The van der Waals surface area contributed by atoms with Gasteiger partial charge in [-0.1, -0.05) is 24.9 Å². The van der Waals surface area contributed by atoms with Crippen LogP contribution in [0.5, 0.6) is 0 Å². The van der Waals surface area contributed by atoms with Crippen molar-refractivity contribution in [1.82, 2.24) is 10.1 Å². The van der Waals surface area contributed by atoms with Gasteiger partial charge in [0.25, 0.3) is 0 Å². The standard InChI is InChI=1S/C12H21N3OS/c1-2-5-9(13)8-11-14-12(15-16-11)10-6-3-4-7-17-10/h9-10H,2-8,13H2,1H3. The van der Waals surface area contributed by atoms with E-state index in [1.165, 1.54) is 25.0 Å². The molecule has 2 N–H and O–H groups in total. The Hall–Kier alpha value is -0.550. The number of aromatic nitrogens is 2. The molecule has 0 spiro atoms. The van der Waals surface area contributed by atoms with Crippen molar-refractivity contribution >= 4 is 11.8 Å². The Kier molecular flexibility index (Phi) is 4.86. The van der Waals surface area contributed by atoms with Crippen LogP contribution >= 0.6 is 11.8 Å². The topological polar surface area (TPSA) is 64.9 Å². The lowest BCUT2D eigenvalue weighted by Crippen LogP contribution is -2.22. The first kappa shape index (κ1) is 12.9. The number of hydrogen-bond donors (Lipinski definition) is 1. The lowest BCUT2D eigenvalue weighted by molar-refractivity contribution is 0.360. The van der Waals surface area contributed by atoms with E-state index >= 15 is 0 Å². The van der Waals surface area contributed by atoms with Gasteiger partial charge in [0, 0.05) is 12.5 Å². The van der Waals surface area contributed by atoms with Crippen LogP contribution in [0.3, 0.4) is 0 Å². The molecule has 1 aromatic rings. The molecule has 1 saturated heterocycles. The first-order valence-electron chi connectivity index (χ1n) is 6.49. The highest BCUT2D eigenvalue weighted by Gasteiger charge is 2.21. The van der Waals surface area contributed by atoms with Gasteiger partial charge in [-0.15, -0.1) is 0 Å². The third-order valence-electron chi connectivity index (χ3n) is 3.05. The maximum Gasteiger partial charge on any atom is 0.228 e. The fourth-order valence-electron chi connectivity index (χ4n) is 2.12. The Morgan fingerprint density at radius 3 is 3.12 bits per heavy atom. The summed E-state index contributed by atoms with van der Waals surface area (Å²) in [5.41, 5.74) is 5.97. The van der Waals surface area contributed by atoms with Crippen molar-refractivity contribution in [3.05, 3.63) is 11.7 Å². The summed E-state index contributed by atoms with van der Waals surface area (Å²) in [4.78, 5) is 4.48. The molecule has 1 aromatic heterocycles. The summed E-state index contributed by atoms with van der Waals surface area (Å²) in [5, 5.41) is 4.52. The highest BCUT2D eigenvalue weighted by Crippen LogP contribution is 2.36. The van der Waals surface area contributed by atoms with Crippen molar-refractivity contribution in [2.75, 3.05) is 5.75 Å². The molecule has 0 saturated carbocycles. The van der Waals surface area contributed by atoms with Gasteiger partial charge >= 0.3 is 0 Å². The van der Waals surface area contributed by atoms with Crippen LogP contribution in [0.4, 0.5) is 0 Å². The monoisotopic (exact) mass is 255 g/mol. The Labute approximate surface area is 107 Å². The summed E-state index contributed by atoms with van der Waals surface area (Å²) in [5.74, 6) is 2.78. The van der Waals surface area contributed by atoms with Gasteiger partial charge in [0.05, 0.1) is 5.25 Å². The summed E-state index contributed by atoms with van der Waals surface area (Å²) in [7, 11) is 0. The van der Waals surface area contributed by atoms with Crippen LogP contribution in [0.1, 0.15) is 56.0 Å². The molecule has 1 aliphatic heterocycles. The molecule has 0 radical (unpaired) electrons. The molecule has 0 aromatic carbocycles. The lowest BCUT2D eigenvalue weighted by Gasteiger charge is -2.17. The fourth-order valence-corrected chi connectivity index (χ4v) is 3.36. The molecule has 2 unspecified atom stereocenters. The van der Waals surface area contributed by atoms with Crippen molar-refractivity contribution in [2.45, 2.75) is 56.7 Å². The first-order valence-corrected chi connectivity index (χ1v) is 7.54. The van der Waals surface area contributed by atoms with Gasteiger partial charge in [-0.05, 0) is 25.0 Å². The third kappa shape index (κ3) is 3.71. The van der Waals surface area contributed by atoms with Crippen molar-refractivity contribution in [3.8, 4) is 0 Å². The molecule has 4 nitrogen and oxygen atoms in total. The molecule has 1 fully saturated rings. The molecule has 0 amide bonds. The van der Waals surface area contributed by atoms with Gasteiger partial charge in [-0.3, -0.25) is 0 Å². The third-order valence-corrected chi connectivity index (χ3v) is 4.42. The average molecular weight is 255 g/mol. The van der Waals surface area contributed by atoms with E-state index in [0.29, 0.717) is 17.6 Å². The predicted octanol–water partition coefficient (Wildman–Crippen LogP) is 2.70. The van der Waals surface area contributed by atoms with E-state index in [2.05, 4.69) is 17.1 Å². The lowest BCUT2D eigenvalue weighted by atomic mass is 10.1. The van der Waals surface area contributed by atoms with E-state index in [1.807, 2.05) is 11.8 Å². The van der Waals surface area contributed by atoms with Crippen LogP contribution in [-0.4, -0.2) is 21.9 Å². The summed E-state index contributed by atoms with van der Waals surface area (Å²) in [6.07, 6.45) is 6.57. The average Bonchev–Trinajstić information content (AvgIpc) is 2.79. The SMILES string of the molecule is CCCC(N)Cc1nc(C2CCCCS2)no1. The van der Waals surface area contributed by atoms with Gasteiger partial charge < -0.3 is 10.3 Å². The molecule has 2 heterocycles. The van der Waals surface area contributed by atoms with Gasteiger partial charge in [0.1, 0.15) is 0 Å². The minimum Gasteiger partial charge on any atom is -0.339 e. The van der Waals surface area contributed by atoms with Crippen LogP contribution < -0.4 is 5.73 Å². The minimum absolute atomic E-state index is 0.146. The zero-order valence-electron chi connectivity index (χ0n) is 10.4. The van der Waals surface area contributed by atoms with E-state index in [4.69, 9.17) is 10.3 Å². The second-order valence-corrected chi connectivity index (χ2v) is 5.97. The van der Waals surface area contributed by atoms with Crippen molar-refractivity contribution < 1.29 is 4.52 Å². The quantitative estimate of drug-likeness (QED) is 0.876. The van der Waals surface area contributed by atoms with Crippen LogP contribution in [0.15, 0.2) is 4.52 Å². The zero-order valence-corrected chi connectivity index (χ0v) is 11.2. The number of nitrogens with zero attached hydrogens (tertiary/aromatic N) is 2. The Morgan fingerprint density at radius 1 is 1.53 bits per heavy atom. The number of hydrogen-bond acceptors (Lipinski definition) is 5. The zero-order chi connectivity index (χ0) is 12.1. The van der Waals surface area contributed by atoms with Crippen molar-refractivity contribution in [2.24, 2.45) is 5.73 Å². The fraction of sp³-hybridized carbons (Fsp3) is 0.833. The number of thioether (sulfide) groups is 1. The van der Waals surface area contributed by atoms with Crippen LogP contribution in [0.2, 0.25) is 0 Å². The molecule has 0 aliphatic carbocycles. The van der Waals surface area contributed by atoms with Crippen molar-refractivity contribution in [3.63, 3.8) is 0 Å². The summed E-state index contributed by atoms with van der Waals surface area (Å²) in [6, 6.07) is 0.146. The van der Waals surface area contributed by atoms with E-state index in [0.717, 1.165) is 18.7 Å². The van der Waals surface area contributed by atoms with E-state index in [-0.39, 0.29) is 6.04 Å². The molecule has 2 rings (SSSR count). The molecular weight excluding hydrogens is 234 g/mol.